The zero-order valence-electron chi connectivity index (χ0n) is 19.5. The fourth-order valence-corrected chi connectivity index (χ4v) is 6.78. The molecule has 1 saturated heterocycles. The van der Waals surface area contributed by atoms with E-state index < -0.39 is 10.0 Å². The Hall–Kier alpha value is -1.97. The van der Waals surface area contributed by atoms with Crippen LogP contribution in [0.15, 0.2) is 23.1 Å². The third-order valence-corrected chi connectivity index (χ3v) is 9.20. The number of aryl methyl sites for hydroxylation is 2. The number of ether oxygens (including phenoxy) is 1. The van der Waals surface area contributed by atoms with Crippen molar-refractivity contribution < 1.29 is 22.7 Å². The van der Waals surface area contributed by atoms with E-state index in [0.29, 0.717) is 43.7 Å². The Bertz CT molecular complexity index is 966. The van der Waals surface area contributed by atoms with E-state index in [1.807, 2.05) is 12.1 Å². The summed E-state index contributed by atoms with van der Waals surface area (Å²) in [5.41, 5.74) is 2.40. The van der Waals surface area contributed by atoms with Crippen molar-refractivity contribution in [1.82, 2.24) is 14.1 Å². The van der Waals surface area contributed by atoms with Gasteiger partial charge >= 0.3 is 5.97 Å². The Morgan fingerprint density at radius 3 is 2.42 bits per heavy atom. The lowest BCUT2D eigenvalue weighted by molar-refractivity contribution is -0.142. The molecule has 3 aliphatic rings. The van der Waals surface area contributed by atoms with Gasteiger partial charge in [-0.25, -0.2) is 8.42 Å². The molecular formula is C24H35N3O5S. The molecule has 1 saturated carbocycles. The SMILES string of the molecule is COC(=O)CCN(CC(=O)N1CCN(S(=O)(=O)c2ccc3c(c2)CCC3)CC1)C1CCCC1. The Morgan fingerprint density at radius 1 is 1.03 bits per heavy atom. The van der Waals surface area contributed by atoms with Gasteiger partial charge in [0.1, 0.15) is 0 Å². The largest absolute Gasteiger partial charge is 0.469 e. The van der Waals surface area contributed by atoms with Crippen LogP contribution >= 0.6 is 0 Å². The van der Waals surface area contributed by atoms with E-state index in [-0.39, 0.29) is 24.8 Å². The van der Waals surface area contributed by atoms with Gasteiger partial charge in [-0.3, -0.25) is 14.5 Å². The third kappa shape index (κ3) is 5.58. The van der Waals surface area contributed by atoms with Gasteiger partial charge < -0.3 is 9.64 Å². The van der Waals surface area contributed by atoms with Gasteiger partial charge in [0.15, 0.2) is 0 Å². The summed E-state index contributed by atoms with van der Waals surface area (Å²) in [5, 5.41) is 0. The summed E-state index contributed by atoms with van der Waals surface area (Å²) in [5.74, 6) is -0.267. The van der Waals surface area contributed by atoms with E-state index in [9.17, 15) is 18.0 Å². The molecule has 0 N–H and O–H groups in total. The highest BCUT2D eigenvalue weighted by Crippen LogP contribution is 2.27. The molecule has 0 atom stereocenters. The van der Waals surface area contributed by atoms with Crippen LogP contribution in [0, 0.1) is 0 Å². The van der Waals surface area contributed by atoms with E-state index in [1.165, 1.54) is 17.0 Å². The highest BCUT2D eigenvalue weighted by molar-refractivity contribution is 7.89. The molecule has 1 aromatic carbocycles. The fourth-order valence-electron chi connectivity index (χ4n) is 5.31. The second-order valence-corrected chi connectivity index (χ2v) is 11.2. The Labute approximate surface area is 196 Å². The summed E-state index contributed by atoms with van der Waals surface area (Å²) >= 11 is 0. The number of fused-ring (bicyclic) bond motifs is 1. The lowest BCUT2D eigenvalue weighted by Gasteiger charge is -2.36. The van der Waals surface area contributed by atoms with Gasteiger partial charge in [-0.1, -0.05) is 18.9 Å². The minimum atomic E-state index is -3.56. The van der Waals surface area contributed by atoms with Crippen molar-refractivity contribution in [1.29, 1.82) is 0 Å². The first-order chi connectivity index (χ1) is 15.9. The van der Waals surface area contributed by atoms with Crippen molar-refractivity contribution in [2.45, 2.75) is 62.3 Å². The van der Waals surface area contributed by atoms with Gasteiger partial charge in [0.05, 0.1) is 25.0 Å². The molecular weight excluding hydrogens is 442 g/mol. The van der Waals surface area contributed by atoms with Crippen LogP contribution in [0.3, 0.4) is 0 Å². The first-order valence-corrected chi connectivity index (χ1v) is 13.5. The second kappa shape index (κ2) is 10.5. The van der Waals surface area contributed by atoms with Crippen molar-refractivity contribution >= 4 is 21.9 Å². The smallest absolute Gasteiger partial charge is 0.306 e. The number of nitrogens with zero attached hydrogens (tertiary/aromatic N) is 3. The average molecular weight is 478 g/mol. The summed E-state index contributed by atoms with van der Waals surface area (Å²) < 4.78 is 32.6. The number of rotatable bonds is 8. The van der Waals surface area contributed by atoms with Crippen LogP contribution < -0.4 is 0 Å². The van der Waals surface area contributed by atoms with Crippen LogP contribution in [0.2, 0.25) is 0 Å². The quantitative estimate of drug-likeness (QED) is 0.531. The number of hydrogen-bond acceptors (Lipinski definition) is 6. The maximum Gasteiger partial charge on any atom is 0.306 e. The molecule has 0 radical (unpaired) electrons. The second-order valence-electron chi connectivity index (χ2n) is 9.30. The van der Waals surface area contributed by atoms with Crippen LogP contribution in [-0.4, -0.2) is 86.8 Å². The van der Waals surface area contributed by atoms with E-state index in [2.05, 4.69) is 4.90 Å². The number of methoxy groups -OCH3 is 1. The van der Waals surface area contributed by atoms with Crippen molar-refractivity contribution in [3.8, 4) is 0 Å². The summed E-state index contributed by atoms with van der Waals surface area (Å²) in [6, 6.07) is 5.81. The number of carbonyl (C=O) groups is 2. The lowest BCUT2D eigenvalue weighted by atomic mass is 10.1. The number of esters is 1. The summed E-state index contributed by atoms with van der Waals surface area (Å²) in [6.45, 7) is 2.15. The molecule has 4 rings (SSSR count). The van der Waals surface area contributed by atoms with Crippen molar-refractivity contribution in [3.05, 3.63) is 29.3 Å². The fraction of sp³-hybridized carbons (Fsp3) is 0.667. The molecule has 182 valence electrons. The summed E-state index contributed by atoms with van der Waals surface area (Å²) in [7, 11) is -2.18. The Kier molecular flexibility index (Phi) is 7.71. The van der Waals surface area contributed by atoms with E-state index in [4.69, 9.17) is 4.74 Å². The molecule has 0 spiro atoms. The van der Waals surface area contributed by atoms with Crippen molar-refractivity contribution in [3.63, 3.8) is 0 Å². The van der Waals surface area contributed by atoms with Crippen LogP contribution in [-0.2, 0) is 37.2 Å². The lowest BCUT2D eigenvalue weighted by Crippen LogP contribution is -2.53. The average Bonchev–Trinajstić information content (AvgIpc) is 3.53. The molecule has 1 aliphatic heterocycles. The number of amides is 1. The van der Waals surface area contributed by atoms with E-state index >= 15 is 0 Å². The zero-order chi connectivity index (χ0) is 23.4. The standard InChI is InChI=1S/C24H35N3O5S/c1-32-24(29)11-12-26(21-7-2-3-8-21)18-23(28)25-13-15-27(16-14-25)33(30,31)22-10-9-19-5-4-6-20(19)17-22/h9-10,17,21H,2-8,11-16,18H2,1H3. The molecule has 0 unspecified atom stereocenters. The van der Waals surface area contributed by atoms with Gasteiger partial charge in [0, 0.05) is 38.8 Å². The highest BCUT2D eigenvalue weighted by Gasteiger charge is 2.32. The van der Waals surface area contributed by atoms with Crippen molar-refractivity contribution in [2.24, 2.45) is 0 Å². The van der Waals surface area contributed by atoms with E-state index in [0.717, 1.165) is 50.5 Å². The minimum absolute atomic E-state index is 0.00124. The molecule has 9 heteroatoms. The molecule has 1 heterocycles. The Balaban J connectivity index is 1.34. The first kappa shape index (κ1) is 24.2. The highest BCUT2D eigenvalue weighted by atomic mass is 32.2. The van der Waals surface area contributed by atoms with E-state index in [1.54, 1.807) is 11.0 Å². The molecule has 33 heavy (non-hydrogen) atoms. The predicted octanol–water partition coefficient (Wildman–Crippen LogP) is 1.82. The molecule has 1 aromatic rings. The number of sulfonamides is 1. The molecule has 2 fully saturated rings. The van der Waals surface area contributed by atoms with Gasteiger partial charge in [-0.2, -0.15) is 4.31 Å². The Morgan fingerprint density at radius 2 is 1.73 bits per heavy atom. The maximum atomic E-state index is 13.2. The topological polar surface area (TPSA) is 87.2 Å². The molecule has 2 aliphatic carbocycles. The maximum absolute atomic E-state index is 13.2. The van der Waals surface area contributed by atoms with Gasteiger partial charge in [-0.15, -0.1) is 0 Å². The normalized spacial score (nSPS) is 19.8. The predicted molar refractivity (Wildman–Crippen MR) is 124 cm³/mol. The number of hydrogen-bond donors (Lipinski definition) is 0. The minimum Gasteiger partial charge on any atom is -0.469 e. The number of piperazine rings is 1. The van der Waals surface area contributed by atoms with Crippen LogP contribution in [0.4, 0.5) is 0 Å². The first-order valence-electron chi connectivity index (χ1n) is 12.1. The third-order valence-electron chi connectivity index (χ3n) is 7.31. The number of carbonyl (C=O) groups excluding carboxylic acids is 2. The molecule has 8 nitrogen and oxygen atoms in total. The van der Waals surface area contributed by atoms with Gasteiger partial charge in [0.2, 0.25) is 15.9 Å². The van der Waals surface area contributed by atoms with Crippen LogP contribution in [0.1, 0.15) is 49.7 Å². The summed E-state index contributed by atoms with van der Waals surface area (Å²) in [6.07, 6.45) is 7.69. The molecule has 0 bridgehead atoms. The zero-order valence-corrected chi connectivity index (χ0v) is 20.3. The monoisotopic (exact) mass is 477 g/mol. The summed E-state index contributed by atoms with van der Waals surface area (Å²) in [4.78, 5) is 28.9. The number of benzene rings is 1. The van der Waals surface area contributed by atoms with Gasteiger partial charge in [0.25, 0.3) is 0 Å². The van der Waals surface area contributed by atoms with Crippen LogP contribution in [0.25, 0.3) is 0 Å². The van der Waals surface area contributed by atoms with Crippen LogP contribution in [0.5, 0.6) is 0 Å². The van der Waals surface area contributed by atoms with Crippen molar-refractivity contribution in [2.75, 3.05) is 46.4 Å². The molecule has 1 amide bonds. The van der Waals surface area contributed by atoms with Gasteiger partial charge in [-0.05, 0) is 55.4 Å². The molecule has 0 aromatic heterocycles.